The Kier molecular flexibility index (Phi) is 4.29. The van der Waals surface area contributed by atoms with Gasteiger partial charge in [-0.1, -0.05) is 0 Å². The van der Waals surface area contributed by atoms with Crippen molar-refractivity contribution in [3.8, 4) is 0 Å². The molecule has 1 fully saturated rings. The Labute approximate surface area is 95.9 Å². The van der Waals surface area contributed by atoms with Crippen LogP contribution >= 0.6 is 0 Å². The molecule has 16 heavy (non-hydrogen) atoms. The van der Waals surface area contributed by atoms with E-state index >= 15 is 0 Å². The van der Waals surface area contributed by atoms with E-state index in [9.17, 15) is 9.59 Å². The van der Waals surface area contributed by atoms with Gasteiger partial charge in [0, 0.05) is 12.8 Å². The van der Waals surface area contributed by atoms with Gasteiger partial charge >= 0.3 is 12.1 Å². The average Bonchev–Trinajstić information content (AvgIpc) is 2.29. The van der Waals surface area contributed by atoms with Crippen molar-refractivity contribution in [1.29, 1.82) is 0 Å². The maximum absolute atomic E-state index is 11.5. The first-order chi connectivity index (χ1) is 7.53. The van der Waals surface area contributed by atoms with Crippen molar-refractivity contribution >= 4 is 12.1 Å². The van der Waals surface area contributed by atoms with Crippen LogP contribution in [0.2, 0.25) is 0 Å². The molecule has 0 saturated carbocycles. The van der Waals surface area contributed by atoms with Crippen molar-refractivity contribution in [2.45, 2.75) is 19.8 Å². The molecule has 5 nitrogen and oxygen atoms in total. The van der Waals surface area contributed by atoms with Crippen molar-refractivity contribution in [2.75, 3.05) is 33.9 Å². The summed E-state index contributed by atoms with van der Waals surface area (Å²) >= 11 is 0. The van der Waals surface area contributed by atoms with Gasteiger partial charge in [0.05, 0.1) is 39.8 Å². The molecule has 0 aromatic rings. The highest BCUT2D eigenvalue weighted by Gasteiger charge is 2.40. The third-order valence-electron chi connectivity index (χ3n) is 3.18. The number of quaternary nitrogens is 1. The topological polar surface area (TPSA) is 52.6 Å². The fourth-order valence-electron chi connectivity index (χ4n) is 2.04. The zero-order chi connectivity index (χ0) is 12.2. The van der Waals surface area contributed by atoms with E-state index in [0.29, 0.717) is 32.5 Å². The van der Waals surface area contributed by atoms with Crippen LogP contribution in [0, 0.1) is 5.92 Å². The molecule has 0 aromatic heterocycles. The number of likely N-dealkylation sites (tertiary alicyclic amines) is 1. The number of ether oxygens (including phenoxy) is 2. The molecule has 1 aliphatic rings. The lowest BCUT2D eigenvalue weighted by atomic mass is 9.96. The van der Waals surface area contributed by atoms with Gasteiger partial charge in [-0.2, -0.15) is 4.79 Å². The minimum absolute atomic E-state index is 0.0594. The predicted molar refractivity (Wildman–Crippen MR) is 57.7 cm³/mol. The van der Waals surface area contributed by atoms with E-state index in [0.717, 1.165) is 0 Å². The van der Waals surface area contributed by atoms with Crippen molar-refractivity contribution < 1.29 is 23.5 Å². The quantitative estimate of drug-likeness (QED) is 0.528. The Morgan fingerprint density at radius 3 is 2.31 bits per heavy atom. The number of piperidine rings is 1. The zero-order valence-corrected chi connectivity index (χ0v) is 10.2. The highest BCUT2D eigenvalue weighted by Crippen LogP contribution is 2.23. The molecule has 0 bridgehead atoms. The molecule has 0 radical (unpaired) electrons. The minimum Gasteiger partial charge on any atom is -0.466 e. The van der Waals surface area contributed by atoms with Crippen molar-refractivity contribution in [1.82, 2.24) is 0 Å². The molecule has 1 rings (SSSR count). The number of hydrogen-bond acceptors (Lipinski definition) is 4. The van der Waals surface area contributed by atoms with Gasteiger partial charge < -0.3 is 9.47 Å². The van der Waals surface area contributed by atoms with E-state index in [-0.39, 0.29) is 22.5 Å². The SMILES string of the molecule is CCOC(=O)C1CC[N+](C)(C(=O)OC)CC1. The van der Waals surface area contributed by atoms with E-state index in [1.54, 1.807) is 6.92 Å². The standard InChI is InChI=1S/C11H20NO4/c1-4-16-10(13)9-5-7-12(2,8-6-9)11(14)15-3/h9H,4-8H2,1-3H3/q+1. The highest BCUT2D eigenvalue weighted by molar-refractivity contribution is 5.72. The van der Waals surface area contributed by atoms with Crippen LogP contribution in [-0.2, 0) is 14.3 Å². The molecule has 0 unspecified atom stereocenters. The Hall–Kier alpha value is -1.10. The van der Waals surface area contributed by atoms with E-state index in [2.05, 4.69) is 0 Å². The van der Waals surface area contributed by atoms with Crippen LogP contribution in [0.4, 0.5) is 4.79 Å². The molecular formula is C11H20NO4+. The third-order valence-corrected chi connectivity index (χ3v) is 3.18. The van der Waals surface area contributed by atoms with Crippen LogP contribution in [0.25, 0.3) is 0 Å². The van der Waals surface area contributed by atoms with E-state index < -0.39 is 0 Å². The molecule has 1 saturated heterocycles. The number of nitrogens with zero attached hydrogens (tertiary/aromatic N) is 1. The van der Waals surface area contributed by atoms with Crippen molar-refractivity contribution in [2.24, 2.45) is 5.92 Å². The lowest BCUT2D eigenvalue weighted by Gasteiger charge is -2.35. The number of hydrogen-bond donors (Lipinski definition) is 0. The molecule has 1 aliphatic heterocycles. The lowest BCUT2D eigenvalue weighted by molar-refractivity contribution is -0.843. The number of carbonyl (C=O) groups excluding carboxylic acids is 2. The van der Waals surface area contributed by atoms with Crippen molar-refractivity contribution in [3.05, 3.63) is 0 Å². The average molecular weight is 230 g/mol. The molecule has 92 valence electrons. The van der Waals surface area contributed by atoms with Gasteiger partial charge in [0.15, 0.2) is 0 Å². The van der Waals surface area contributed by atoms with Crippen LogP contribution in [-0.4, -0.2) is 50.4 Å². The summed E-state index contributed by atoms with van der Waals surface area (Å²) in [5.74, 6) is -0.200. The largest absolute Gasteiger partial charge is 0.515 e. The van der Waals surface area contributed by atoms with Gasteiger partial charge in [0.2, 0.25) is 0 Å². The van der Waals surface area contributed by atoms with Crippen LogP contribution in [0.15, 0.2) is 0 Å². The Bertz CT molecular complexity index is 269. The molecule has 1 amide bonds. The first-order valence-corrected chi connectivity index (χ1v) is 5.63. The summed E-state index contributed by atoms with van der Waals surface area (Å²) in [6.45, 7) is 3.49. The molecule has 5 heteroatoms. The van der Waals surface area contributed by atoms with Crippen LogP contribution in [0.5, 0.6) is 0 Å². The Morgan fingerprint density at radius 1 is 1.31 bits per heavy atom. The predicted octanol–water partition coefficient (Wildman–Crippen LogP) is 1.17. The fourth-order valence-corrected chi connectivity index (χ4v) is 2.04. The van der Waals surface area contributed by atoms with Gasteiger partial charge in [-0.25, -0.2) is 4.48 Å². The van der Waals surface area contributed by atoms with Crippen LogP contribution < -0.4 is 0 Å². The highest BCUT2D eigenvalue weighted by atomic mass is 16.5. The van der Waals surface area contributed by atoms with Gasteiger partial charge in [-0.15, -0.1) is 0 Å². The number of methoxy groups -OCH3 is 1. The summed E-state index contributed by atoms with van der Waals surface area (Å²) in [6, 6.07) is 0. The second kappa shape index (κ2) is 5.30. The number of esters is 1. The summed E-state index contributed by atoms with van der Waals surface area (Å²) in [7, 11) is 3.23. The summed E-state index contributed by atoms with van der Waals surface area (Å²) in [6.07, 6.45) is 1.14. The lowest BCUT2D eigenvalue weighted by Crippen LogP contribution is -2.54. The van der Waals surface area contributed by atoms with Crippen molar-refractivity contribution in [3.63, 3.8) is 0 Å². The third kappa shape index (κ3) is 2.72. The normalized spacial score (nSPS) is 29.6. The van der Waals surface area contributed by atoms with Crippen LogP contribution in [0.3, 0.4) is 0 Å². The molecule has 0 N–H and O–H groups in total. The van der Waals surface area contributed by atoms with E-state index in [4.69, 9.17) is 9.47 Å². The molecular weight excluding hydrogens is 210 g/mol. The molecule has 0 aromatic carbocycles. The Balaban J connectivity index is 2.50. The monoisotopic (exact) mass is 230 g/mol. The van der Waals surface area contributed by atoms with E-state index in [1.807, 2.05) is 7.05 Å². The number of rotatable bonds is 2. The fraction of sp³-hybridized carbons (Fsp3) is 0.818. The molecule has 0 aliphatic carbocycles. The first-order valence-electron chi connectivity index (χ1n) is 5.63. The summed E-state index contributed by atoms with van der Waals surface area (Å²) in [4.78, 5) is 23.0. The maximum Gasteiger partial charge on any atom is 0.515 e. The summed E-state index contributed by atoms with van der Waals surface area (Å²) < 4.78 is 9.98. The smallest absolute Gasteiger partial charge is 0.466 e. The maximum atomic E-state index is 11.5. The number of amides is 1. The molecule has 0 atom stereocenters. The molecule has 0 spiro atoms. The second-order valence-electron chi connectivity index (χ2n) is 4.34. The van der Waals surface area contributed by atoms with Gasteiger partial charge in [0.1, 0.15) is 0 Å². The minimum atomic E-state index is -0.234. The second-order valence-corrected chi connectivity index (χ2v) is 4.34. The summed E-state index contributed by atoms with van der Waals surface area (Å²) in [5.41, 5.74) is 0. The van der Waals surface area contributed by atoms with Gasteiger partial charge in [-0.05, 0) is 6.92 Å². The van der Waals surface area contributed by atoms with E-state index in [1.165, 1.54) is 7.11 Å². The molecule has 1 heterocycles. The number of carbonyl (C=O) groups is 2. The zero-order valence-electron chi connectivity index (χ0n) is 10.2. The summed E-state index contributed by atoms with van der Waals surface area (Å²) in [5, 5.41) is 0. The van der Waals surface area contributed by atoms with Crippen LogP contribution in [0.1, 0.15) is 19.8 Å². The van der Waals surface area contributed by atoms with Gasteiger partial charge in [0.25, 0.3) is 0 Å². The first kappa shape index (κ1) is 13.0. The Morgan fingerprint density at radius 2 is 1.88 bits per heavy atom. The van der Waals surface area contributed by atoms with Gasteiger partial charge in [-0.3, -0.25) is 4.79 Å².